The van der Waals surface area contributed by atoms with Crippen molar-refractivity contribution in [2.75, 3.05) is 0 Å². The Labute approximate surface area is 227 Å². The molecule has 3 aromatic rings. The molecule has 38 heavy (non-hydrogen) atoms. The number of carboxylic acids is 1. The summed E-state index contributed by atoms with van der Waals surface area (Å²) in [5, 5.41) is 14.3. The summed E-state index contributed by atoms with van der Waals surface area (Å²) >= 11 is 0. The van der Waals surface area contributed by atoms with Gasteiger partial charge in [0.25, 0.3) is 0 Å². The van der Waals surface area contributed by atoms with Gasteiger partial charge >= 0.3 is 11.7 Å². The molecule has 0 aliphatic heterocycles. The Hall–Kier alpha value is -3.15. The third-order valence-electron chi connectivity index (χ3n) is 7.24. The van der Waals surface area contributed by atoms with E-state index in [1.54, 1.807) is 16.8 Å². The van der Waals surface area contributed by atoms with Gasteiger partial charge in [0.2, 0.25) is 0 Å². The van der Waals surface area contributed by atoms with Crippen LogP contribution in [-0.4, -0.2) is 25.4 Å². The summed E-state index contributed by atoms with van der Waals surface area (Å²) in [5.41, 5.74) is 2.81. The molecule has 0 unspecified atom stereocenters. The minimum absolute atomic E-state index is 0.0279. The second-order valence-electron chi connectivity index (χ2n) is 10.3. The summed E-state index contributed by atoms with van der Waals surface area (Å²) in [6.45, 7) is 5.60. The number of carbonyl (C=O) groups is 1. The van der Waals surface area contributed by atoms with Crippen molar-refractivity contribution < 1.29 is 9.90 Å². The van der Waals surface area contributed by atoms with E-state index in [1.165, 1.54) is 51.4 Å². The third kappa shape index (κ3) is 8.71. The SMILES string of the molecule is CCCCCCCCc1nn(CCCCCCCC)c(=O)n1Cc1ccc(-c2ccccc2C(=O)O)cc1. The van der Waals surface area contributed by atoms with Crippen LogP contribution in [0.2, 0.25) is 0 Å². The van der Waals surface area contributed by atoms with E-state index in [0.717, 1.165) is 49.1 Å². The van der Waals surface area contributed by atoms with Gasteiger partial charge in [-0.1, -0.05) is 121 Å². The predicted molar refractivity (Wildman–Crippen MR) is 155 cm³/mol. The summed E-state index contributed by atoms with van der Waals surface area (Å²) in [6, 6.07) is 14.9. The monoisotopic (exact) mass is 519 g/mol. The van der Waals surface area contributed by atoms with Crippen molar-refractivity contribution in [3.05, 3.63) is 76.0 Å². The first-order valence-electron chi connectivity index (χ1n) is 14.6. The number of aromatic nitrogens is 3. The summed E-state index contributed by atoms with van der Waals surface area (Å²) < 4.78 is 3.51. The van der Waals surface area contributed by atoms with Crippen molar-refractivity contribution in [1.82, 2.24) is 14.3 Å². The van der Waals surface area contributed by atoms with Crippen LogP contribution < -0.4 is 5.69 Å². The van der Waals surface area contributed by atoms with Crippen LogP contribution in [0.15, 0.2) is 53.3 Å². The highest BCUT2D eigenvalue weighted by atomic mass is 16.4. The van der Waals surface area contributed by atoms with E-state index in [2.05, 4.69) is 13.8 Å². The molecule has 6 nitrogen and oxygen atoms in total. The molecule has 3 rings (SSSR count). The molecular weight excluding hydrogens is 474 g/mol. The molecular formula is C32H45N3O3. The molecule has 6 heteroatoms. The maximum Gasteiger partial charge on any atom is 0.346 e. The molecule has 0 aliphatic carbocycles. The predicted octanol–water partition coefficient (Wildman–Crippen LogP) is 7.72. The van der Waals surface area contributed by atoms with Gasteiger partial charge in [-0.2, -0.15) is 5.10 Å². The van der Waals surface area contributed by atoms with Gasteiger partial charge in [-0.15, -0.1) is 0 Å². The fraction of sp³-hybridized carbons (Fsp3) is 0.531. The molecule has 0 aliphatic rings. The third-order valence-corrected chi connectivity index (χ3v) is 7.24. The molecule has 0 atom stereocenters. The first-order chi connectivity index (χ1) is 18.5. The lowest BCUT2D eigenvalue weighted by Gasteiger charge is -2.09. The zero-order valence-corrected chi connectivity index (χ0v) is 23.3. The van der Waals surface area contributed by atoms with Crippen LogP contribution in [0.3, 0.4) is 0 Å². The second kappa shape index (κ2) is 16.0. The maximum absolute atomic E-state index is 13.3. The van der Waals surface area contributed by atoms with Gasteiger partial charge in [0.05, 0.1) is 12.1 Å². The van der Waals surface area contributed by atoms with Crippen LogP contribution in [0.25, 0.3) is 11.1 Å². The topological polar surface area (TPSA) is 77.1 Å². The summed E-state index contributed by atoms with van der Waals surface area (Å²) in [7, 11) is 0. The van der Waals surface area contributed by atoms with E-state index < -0.39 is 5.97 Å². The van der Waals surface area contributed by atoms with Crippen LogP contribution in [-0.2, 0) is 19.5 Å². The summed E-state index contributed by atoms with van der Waals surface area (Å²) in [6.07, 6.45) is 15.1. The van der Waals surface area contributed by atoms with Crippen LogP contribution in [0, 0.1) is 0 Å². The molecule has 1 heterocycles. The van der Waals surface area contributed by atoms with Gasteiger partial charge in [-0.05, 0) is 35.6 Å². The van der Waals surface area contributed by atoms with E-state index in [0.29, 0.717) is 18.7 Å². The lowest BCUT2D eigenvalue weighted by molar-refractivity contribution is 0.0697. The highest BCUT2D eigenvalue weighted by Crippen LogP contribution is 2.24. The largest absolute Gasteiger partial charge is 0.478 e. The van der Waals surface area contributed by atoms with Crippen LogP contribution in [0.5, 0.6) is 0 Å². The van der Waals surface area contributed by atoms with E-state index in [9.17, 15) is 14.7 Å². The Bertz CT molecular complexity index is 1180. The number of hydrogen-bond donors (Lipinski definition) is 1. The van der Waals surface area contributed by atoms with Crippen LogP contribution >= 0.6 is 0 Å². The van der Waals surface area contributed by atoms with E-state index in [-0.39, 0.29) is 11.3 Å². The van der Waals surface area contributed by atoms with E-state index in [1.807, 2.05) is 41.0 Å². The lowest BCUT2D eigenvalue weighted by Crippen LogP contribution is -2.26. The normalized spacial score (nSPS) is 11.2. The molecule has 0 fully saturated rings. The van der Waals surface area contributed by atoms with Crippen molar-refractivity contribution in [3.8, 4) is 11.1 Å². The molecule has 206 valence electrons. The van der Waals surface area contributed by atoms with E-state index >= 15 is 0 Å². The van der Waals surface area contributed by atoms with Crippen LogP contribution in [0.1, 0.15) is 113 Å². The van der Waals surface area contributed by atoms with Gasteiger partial charge < -0.3 is 5.11 Å². The molecule has 0 spiro atoms. The molecule has 1 aromatic heterocycles. The molecule has 0 amide bonds. The van der Waals surface area contributed by atoms with Crippen LogP contribution in [0.4, 0.5) is 0 Å². The molecule has 0 radical (unpaired) electrons. The summed E-state index contributed by atoms with van der Waals surface area (Å²) in [4.78, 5) is 25.0. The van der Waals surface area contributed by atoms with Gasteiger partial charge in [0.15, 0.2) is 0 Å². The zero-order valence-electron chi connectivity index (χ0n) is 23.3. The highest BCUT2D eigenvalue weighted by Gasteiger charge is 2.15. The standard InChI is InChI=1S/C32H45N3O3/c1-3-5-7-9-11-13-19-30-33-35(24-16-12-10-8-6-4-2)32(38)34(30)25-26-20-22-27(23-21-26)28-17-14-15-18-29(28)31(36)37/h14-15,17-18,20-23H,3-13,16,19,24-25H2,1-2H3,(H,36,37). The Kier molecular flexibility index (Phi) is 12.3. The average molecular weight is 520 g/mol. The Morgan fingerprint density at radius 3 is 2.05 bits per heavy atom. The molecule has 1 N–H and O–H groups in total. The second-order valence-corrected chi connectivity index (χ2v) is 10.3. The van der Waals surface area contributed by atoms with Crippen molar-refractivity contribution in [3.63, 3.8) is 0 Å². The zero-order chi connectivity index (χ0) is 27.2. The number of aromatic carboxylic acids is 1. The fourth-order valence-corrected chi connectivity index (χ4v) is 4.97. The maximum atomic E-state index is 13.3. The minimum Gasteiger partial charge on any atom is -0.478 e. The number of unbranched alkanes of at least 4 members (excludes halogenated alkanes) is 10. The summed E-state index contributed by atoms with van der Waals surface area (Å²) in [5.74, 6) is -0.0647. The van der Waals surface area contributed by atoms with Gasteiger partial charge in [-0.25, -0.2) is 14.3 Å². The molecule has 2 aromatic carbocycles. The smallest absolute Gasteiger partial charge is 0.346 e. The lowest BCUT2D eigenvalue weighted by atomic mass is 9.99. The Morgan fingerprint density at radius 1 is 0.789 bits per heavy atom. The molecule has 0 saturated heterocycles. The highest BCUT2D eigenvalue weighted by molar-refractivity contribution is 5.95. The first kappa shape index (κ1) is 29.4. The van der Waals surface area contributed by atoms with Crippen molar-refractivity contribution >= 4 is 5.97 Å². The number of benzene rings is 2. The van der Waals surface area contributed by atoms with Gasteiger partial charge in [0.1, 0.15) is 5.82 Å². The van der Waals surface area contributed by atoms with Gasteiger partial charge in [-0.3, -0.25) is 4.57 Å². The first-order valence-corrected chi connectivity index (χ1v) is 14.6. The quantitative estimate of drug-likeness (QED) is 0.175. The average Bonchev–Trinajstić information content (AvgIpc) is 3.22. The van der Waals surface area contributed by atoms with Crippen molar-refractivity contribution in [2.24, 2.45) is 0 Å². The van der Waals surface area contributed by atoms with Crippen molar-refractivity contribution in [1.29, 1.82) is 0 Å². The fourth-order valence-electron chi connectivity index (χ4n) is 4.97. The number of hydrogen-bond acceptors (Lipinski definition) is 3. The minimum atomic E-state index is -0.937. The van der Waals surface area contributed by atoms with Gasteiger partial charge in [0, 0.05) is 13.0 Å². The number of aryl methyl sites for hydroxylation is 2. The molecule has 0 saturated carbocycles. The number of nitrogens with zero attached hydrogens (tertiary/aromatic N) is 3. The number of carboxylic acid groups (broad SMARTS) is 1. The molecule has 0 bridgehead atoms. The van der Waals surface area contributed by atoms with Crippen molar-refractivity contribution in [2.45, 2.75) is 110 Å². The Balaban J connectivity index is 1.72. The number of rotatable bonds is 18. The van der Waals surface area contributed by atoms with E-state index in [4.69, 9.17) is 5.10 Å². The Morgan fingerprint density at radius 2 is 1.39 bits per heavy atom.